The molecule has 130 valence electrons. The van der Waals surface area contributed by atoms with Crippen LogP contribution in [0.15, 0.2) is 24.3 Å². The molecule has 0 radical (unpaired) electrons. The van der Waals surface area contributed by atoms with Crippen molar-refractivity contribution in [1.29, 1.82) is 5.26 Å². The van der Waals surface area contributed by atoms with E-state index in [-0.39, 0.29) is 12.1 Å². The van der Waals surface area contributed by atoms with Crippen molar-refractivity contribution in [3.63, 3.8) is 0 Å². The fourth-order valence-electron chi connectivity index (χ4n) is 2.99. The summed E-state index contributed by atoms with van der Waals surface area (Å²) in [5.41, 5.74) is 1.26. The second-order valence-corrected chi connectivity index (χ2v) is 7.39. The molecule has 0 aromatic heterocycles. The molecule has 1 heterocycles. The van der Waals surface area contributed by atoms with E-state index in [9.17, 15) is 4.79 Å². The van der Waals surface area contributed by atoms with Crippen LogP contribution >= 0.6 is 0 Å². The first-order chi connectivity index (χ1) is 11.3. The van der Waals surface area contributed by atoms with E-state index in [2.05, 4.69) is 18.3 Å². The molecule has 5 heteroatoms. The van der Waals surface area contributed by atoms with Crippen molar-refractivity contribution in [2.45, 2.75) is 64.8 Å². The number of nitriles is 1. The van der Waals surface area contributed by atoms with Crippen molar-refractivity contribution in [1.82, 2.24) is 10.2 Å². The van der Waals surface area contributed by atoms with Crippen LogP contribution in [0.4, 0.5) is 4.79 Å². The third-order valence-corrected chi connectivity index (χ3v) is 4.22. The van der Waals surface area contributed by atoms with Crippen LogP contribution in [0, 0.1) is 11.3 Å². The number of carbonyl (C=O) groups is 1. The molecule has 1 amide bonds. The minimum Gasteiger partial charge on any atom is -0.444 e. The van der Waals surface area contributed by atoms with Gasteiger partial charge < -0.3 is 15.0 Å². The van der Waals surface area contributed by atoms with Gasteiger partial charge >= 0.3 is 6.09 Å². The van der Waals surface area contributed by atoms with Gasteiger partial charge in [-0.3, -0.25) is 0 Å². The second kappa shape index (κ2) is 7.67. The number of amides is 1. The average molecular weight is 329 g/mol. The van der Waals surface area contributed by atoms with Gasteiger partial charge in [0.1, 0.15) is 5.60 Å². The molecule has 1 saturated heterocycles. The molecule has 0 aliphatic carbocycles. The number of benzene rings is 1. The molecule has 1 fully saturated rings. The molecule has 24 heavy (non-hydrogen) atoms. The molecule has 5 nitrogen and oxygen atoms in total. The fourth-order valence-corrected chi connectivity index (χ4v) is 2.99. The summed E-state index contributed by atoms with van der Waals surface area (Å²) in [5.74, 6) is 0. The van der Waals surface area contributed by atoms with E-state index < -0.39 is 5.60 Å². The van der Waals surface area contributed by atoms with Crippen LogP contribution in [0.3, 0.4) is 0 Å². The van der Waals surface area contributed by atoms with Crippen molar-refractivity contribution in [3.05, 3.63) is 35.4 Å². The number of rotatable bonds is 3. The summed E-state index contributed by atoms with van der Waals surface area (Å²) in [7, 11) is 0. The van der Waals surface area contributed by atoms with Crippen LogP contribution in [-0.4, -0.2) is 35.2 Å². The van der Waals surface area contributed by atoms with Crippen molar-refractivity contribution in [3.8, 4) is 6.07 Å². The van der Waals surface area contributed by atoms with E-state index in [1.807, 2.05) is 49.9 Å². The molecule has 2 atom stereocenters. The number of carbonyl (C=O) groups excluding carboxylic acids is 1. The summed E-state index contributed by atoms with van der Waals surface area (Å²) in [6.45, 7) is 9.08. The van der Waals surface area contributed by atoms with Crippen LogP contribution in [0.2, 0.25) is 0 Å². The maximum absolute atomic E-state index is 12.2. The first-order valence-corrected chi connectivity index (χ1v) is 8.51. The number of likely N-dealkylation sites (tertiary alicyclic amines) is 1. The SMILES string of the molecule is CC1CC(NCc2ccccc2C#N)CCN1C(=O)OC(C)(C)C. The Kier molecular flexibility index (Phi) is 5.84. The molecule has 1 aliphatic rings. The summed E-state index contributed by atoms with van der Waals surface area (Å²) in [6.07, 6.45) is 1.54. The molecule has 2 rings (SSSR count). The summed E-state index contributed by atoms with van der Waals surface area (Å²) in [4.78, 5) is 14.1. The van der Waals surface area contributed by atoms with Gasteiger partial charge in [0.25, 0.3) is 0 Å². The third-order valence-electron chi connectivity index (χ3n) is 4.22. The van der Waals surface area contributed by atoms with Crippen LogP contribution in [0.25, 0.3) is 0 Å². The zero-order chi connectivity index (χ0) is 17.7. The smallest absolute Gasteiger partial charge is 0.410 e. The summed E-state index contributed by atoms with van der Waals surface area (Å²) in [6, 6.07) is 10.3. The summed E-state index contributed by atoms with van der Waals surface area (Å²) >= 11 is 0. The maximum Gasteiger partial charge on any atom is 0.410 e. The van der Waals surface area contributed by atoms with Gasteiger partial charge in [0.2, 0.25) is 0 Å². The lowest BCUT2D eigenvalue weighted by atomic mass is 9.98. The normalized spacial score (nSPS) is 21.2. The number of hydrogen-bond acceptors (Lipinski definition) is 4. The highest BCUT2D eigenvalue weighted by Crippen LogP contribution is 2.21. The standard InChI is InChI=1S/C19H27N3O2/c1-14-11-17(9-10-22(14)18(23)24-19(2,3)4)21-13-16-8-6-5-7-15(16)12-20/h5-8,14,17,21H,9-11,13H2,1-4H3. The van der Waals surface area contributed by atoms with Gasteiger partial charge in [0.15, 0.2) is 0 Å². The summed E-state index contributed by atoms with van der Waals surface area (Å²) < 4.78 is 5.47. The van der Waals surface area contributed by atoms with Gasteiger partial charge in [-0.1, -0.05) is 18.2 Å². The van der Waals surface area contributed by atoms with Crippen LogP contribution < -0.4 is 5.32 Å². The highest BCUT2D eigenvalue weighted by molar-refractivity contribution is 5.68. The number of hydrogen-bond donors (Lipinski definition) is 1. The van der Waals surface area contributed by atoms with Crippen LogP contribution in [-0.2, 0) is 11.3 Å². The Morgan fingerprint density at radius 3 is 2.75 bits per heavy atom. The zero-order valence-electron chi connectivity index (χ0n) is 15.0. The molecule has 1 aromatic rings. The van der Waals surface area contributed by atoms with E-state index in [1.165, 1.54) is 0 Å². The van der Waals surface area contributed by atoms with E-state index in [4.69, 9.17) is 10.00 Å². The van der Waals surface area contributed by atoms with Gasteiger partial charge in [0.05, 0.1) is 11.6 Å². The minimum absolute atomic E-state index is 0.136. The molecule has 1 aliphatic heterocycles. The number of ether oxygens (including phenoxy) is 1. The molecule has 1 aromatic carbocycles. The number of nitrogens with zero attached hydrogens (tertiary/aromatic N) is 2. The van der Waals surface area contributed by atoms with Crippen molar-refractivity contribution >= 4 is 6.09 Å². The van der Waals surface area contributed by atoms with E-state index in [1.54, 1.807) is 0 Å². The topological polar surface area (TPSA) is 65.4 Å². The Morgan fingerprint density at radius 2 is 2.12 bits per heavy atom. The van der Waals surface area contributed by atoms with Gasteiger partial charge in [-0.2, -0.15) is 5.26 Å². The van der Waals surface area contributed by atoms with Gasteiger partial charge in [0, 0.05) is 25.2 Å². The Labute approximate surface area is 144 Å². The summed E-state index contributed by atoms with van der Waals surface area (Å²) in [5, 5.41) is 12.7. The van der Waals surface area contributed by atoms with E-state index in [0.29, 0.717) is 24.7 Å². The van der Waals surface area contributed by atoms with E-state index >= 15 is 0 Å². The molecule has 0 saturated carbocycles. The highest BCUT2D eigenvalue weighted by atomic mass is 16.6. The van der Waals surface area contributed by atoms with Crippen LogP contribution in [0.5, 0.6) is 0 Å². The minimum atomic E-state index is -0.465. The fraction of sp³-hybridized carbons (Fsp3) is 0.579. The van der Waals surface area contributed by atoms with Crippen LogP contribution in [0.1, 0.15) is 51.7 Å². The number of piperidine rings is 1. The average Bonchev–Trinajstić information content (AvgIpc) is 2.51. The molecule has 0 spiro atoms. The predicted molar refractivity (Wildman–Crippen MR) is 93.4 cm³/mol. The quantitative estimate of drug-likeness (QED) is 0.922. The zero-order valence-corrected chi connectivity index (χ0v) is 15.0. The maximum atomic E-state index is 12.2. The monoisotopic (exact) mass is 329 g/mol. The van der Waals surface area contributed by atoms with Gasteiger partial charge in [-0.05, 0) is 52.2 Å². The van der Waals surface area contributed by atoms with E-state index in [0.717, 1.165) is 18.4 Å². The highest BCUT2D eigenvalue weighted by Gasteiger charge is 2.31. The number of nitrogens with one attached hydrogen (secondary N) is 1. The molecule has 0 bridgehead atoms. The largest absolute Gasteiger partial charge is 0.444 e. The lowest BCUT2D eigenvalue weighted by molar-refractivity contribution is 0.00932. The molecule has 2 unspecified atom stereocenters. The first-order valence-electron chi connectivity index (χ1n) is 8.51. The third kappa shape index (κ3) is 4.97. The predicted octanol–water partition coefficient (Wildman–Crippen LogP) is 3.44. The lowest BCUT2D eigenvalue weighted by Gasteiger charge is -2.38. The second-order valence-electron chi connectivity index (χ2n) is 7.39. The Hall–Kier alpha value is -2.06. The molecule has 1 N–H and O–H groups in total. The molecular formula is C19H27N3O2. The Morgan fingerprint density at radius 1 is 1.42 bits per heavy atom. The Bertz CT molecular complexity index is 616. The first kappa shape index (κ1) is 18.3. The van der Waals surface area contributed by atoms with Crippen molar-refractivity contribution in [2.24, 2.45) is 0 Å². The van der Waals surface area contributed by atoms with Gasteiger partial charge in [-0.15, -0.1) is 0 Å². The van der Waals surface area contributed by atoms with Gasteiger partial charge in [-0.25, -0.2) is 4.79 Å². The van der Waals surface area contributed by atoms with Crippen molar-refractivity contribution < 1.29 is 9.53 Å². The Balaban J connectivity index is 1.87. The molecular weight excluding hydrogens is 302 g/mol. The lowest BCUT2D eigenvalue weighted by Crippen LogP contribution is -2.50. The van der Waals surface area contributed by atoms with Crippen molar-refractivity contribution in [2.75, 3.05) is 6.54 Å².